The highest BCUT2D eigenvalue weighted by atomic mass is 16.5. The summed E-state index contributed by atoms with van der Waals surface area (Å²) in [4.78, 5) is 10.7. The van der Waals surface area contributed by atoms with Crippen LogP contribution in [0.2, 0.25) is 0 Å². The molecule has 31 heavy (non-hydrogen) atoms. The van der Waals surface area contributed by atoms with E-state index < -0.39 is 5.97 Å². The van der Waals surface area contributed by atoms with Crippen molar-refractivity contribution < 1.29 is 19.4 Å². The zero-order valence-corrected chi connectivity index (χ0v) is 19.8. The molecule has 0 fully saturated rings. The maximum Gasteiger partial charge on any atom is 0.328 e. The van der Waals surface area contributed by atoms with Gasteiger partial charge >= 0.3 is 5.97 Å². The van der Waals surface area contributed by atoms with Crippen molar-refractivity contribution in [1.29, 1.82) is 0 Å². The molecular weight excluding hydrogens is 388 g/mol. The Morgan fingerprint density at radius 1 is 1.10 bits per heavy atom. The van der Waals surface area contributed by atoms with Crippen LogP contribution in [-0.2, 0) is 9.53 Å². The first-order chi connectivity index (χ1) is 14.7. The molecule has 1 aromatic carbocycles. The molecule has 0 saturated carbocycles. The largest absolute Gasteiger partial charge is 0.490 e. The monoisotopic (exact) mass is 426 g/mol. The van der Waals surface area contributed by atoms with Crippen LogP contribution in [-0.4, -0.2) is 30.4 Å². The Labute approximate surface area is 188 Å². The Kier molecular flexibility index (Phi) is 12.3. The average molecular weight is 427 g/mol. The standard InChI is InChI=1S/C27H38O4/c1-7-25(18-22(4)17-23(5)30-6)31-26-14-9-8-13-24(26)16-15-20(2)11-10-12-21(3)19-27(28)29/h8-16,19,22-23,25H,7,17-18H2,1-6H3,(H,28,29)/b12-10+,16-15+,20-11+,21-19+. The van der Waals surface area contributed by atoms with E-state index in [1.807, 2.05) is 43.4 Å². The summed E-state index contributed by atoms with van der Waals surface area (Å²) in [5, 5.41) is 8.75. The Morgan fingerprint density at radius 2 is 1.81 bits per heavy atom. The summed E-state index contributed by atoms with van der Waals surface area (Å²) in [6.45, 7) is 10.3. The molecule has 3 atom stereocenters. The molecule has 0 bridgehead atoms. The van der Waals surface area contributed by atoms with Gasteiger partial charge in [0.15, 0.2) is 0 Å². The Hall–Kier alpha value is -2.59. The highest BCUT2D eigenvalue weighted by molar-refractivity contribution is 5.81. The van der Waals surface area contributed by atoms with Gasteiger partial charge < -0.3 is 14.6 Å². The molecule has 170 valence electrons. The molecule has 1 rings (SSSR count). The molecule has 0 aromatic heterocycles. The summed E-state index contributed by atoms with van der Waals surface area (Å²) in [6.07, 6.45) is 14.3. The van der Waals surface area contributed by atoms with E-state index in [0.717, 1.165) is 36.1 Å². The molecule has 1 aromatic rings. The number of methoxy groups -OCH3 is 1. The summed E-state index contributed by atoms with van der Waals surface area (Å²) in [6, 6.07) is 8.08. The van der Waals surface area contributed by atoms with Crippen LogP contribution >= 0.6 is 0 Å². The van der Waals surface area contributed by atoms with E-state index in [1.165, 1.54) is 6.08 Å². The number of allylic oxidation sites excluding steroid dienone is 6. The number of hydrogen-bond donors (Lipinski definition) is 1. The molecule has 0 aliphatic rings. The summed E-state index contributed by atoms with van der Waals surface area (Å²) >= 11 is 0. The quantitative estimate of drug-likeness (QED) is 0.277. The van der Waals surface area contributed by atoms with Crippen molar-refractivity contribution >= 4 is 12.0 Å². The van der Waals surface area contributed by atoms with Gasteiger partial charge in [0.2, 0.25) is 0 Å². The third-order valence-corrected chi connectivity index (χ3v) is 5.07. The molecule has 0 radical (unpaired) electrons. The Balaban J connectivity index is 2.82. The molecule has 0 aliphatic heterocycles. The van der Waals surface area contributed by atoms with Crippen molar-refractivity contribution in [3.8, 4) is 5.75 Å². The minimum absolute atomic E-state index is 0.164. The molecule has 0 amide bonds. The minimum Gasteiger partial charge on any atom is -0.490 e. The lowest BCUT2D eigenvalue weighted by molar-refractivity contribution is -0.131. The number of aliphatic carboxylic acids is 1. The van der Waals surface area contributed by atoms with Crippen LogP contribution < -0.4 is 4.74 Å². The van der Waals surface area contributed by atoms with Gasteiger partial charge in [-0.25, -0.2) is 4.79 Å². The van der Waals surface area contributed by atoms with Gasteiger partial charge in [0.1, 0.15) is 5.75 Å². The molecule has 0 saturated heterocycles. The summed E-state index contributed by atoms with van der Waals surface area (Å²) in [5.41, 5.74) is 2.79. The van der Waals surface area contributed by atoms with Crippen molar-refractivity contribution in [1.82, 2.24) is 0 Å². The lowest BCUT2D eigenvalue weighted by Crippen LogP contribution is -2.21. The Morgan fingerprint density at radius 3 is 2.45 bits per heavy atom. The predicted molar refractivity (Wildman–Crippen MR) is 129 cm³/mol. The van der Waals surface area contributed by atoms with E-state index in [4.69, 9.17) is 14.6 Å². The first kappa shape index (κ1) is 26.4. The number of carboxylic acids is 1. The summed E-state index contributed by atoms with van der Waals surface area (Å²) < 4.78 is 11.8. The van der Waals surface area contributed by atoms with Crippen molar-refractivity contribution in [2.45, 2.75) is 66.1 Å². The fourth-order valence-electron chi connectivity index (χ4n) is 3.28. The van der Waals surface area contributed by atoms with Crippen LogP contribution in [0.25, 0.3) is 6.08 Å². The maximum atomic E-state index is 10.7. The topological polar surface area (TPSA) is 55.8 Å². The number of para-hydroxylation sites is 1. The second kappa shape index (κ2) is 14.4. The van der Waals surface area contributed by atoms with Crippen molar-refractivity contribution in [3.63, 3.8) is 0 Å². The number of carbonyl (C=O) groups is 1. The van der Waals surface area contributed by atoms with E-state index in [2.05, 4.69) is 32.9 Å². The SMILES string of the molecule is CCC(CC(C)CC(C)OC)Oc1ccccc1/C=C/C(C)=C/C=C/C(C)=C/C(=O)O. The number of rotatable bonds is 13. The van der Waals surface area contributed by atoms with Crippen LogP contribution in [0, 0.1) is 5.92 Å². The van der Waals surface area contributed by atoms with E-state index in [1.54, 1.807) is 20.1 Å². The second-order valence-corrected chi connectivity index (χ2v) is 8.14. The van der Waals surface area contributed by atoms with Crippen molar-refractivity contribution in [2.75, 3.05) is 7.11 Å². The number of ether oxygens (including phenoxy) is 2. The minimum atomic E-state index is -0.938. The molecule has 3 unspecified atom stereocenters. The number of hydrogen-bond acceptors (Lipinski definition) is 3. The molecule has 0 heterocycles. The molecule has 1 N–H and O–H groups in total. The van der Waals surface area contributed by atoms with E-state index in [-0.39, 0.29) is 12.2 Å². The molecular formula is C27H38O4. The van der Waals surface area contributed by atoms with Gasteiger partial charge in [0.05, 0.1) is 12.2 Å². The Bertz CT molecular complexity index is 801. The van der Waals surface area contributed by atoms with Gasteiger partial charge in [-0.1, -0.05) is 68.0 Å². The van der Waals surface area contributed by atoms with Gasteiger partial charge in [-0.2, -0.15) is 0 Å². The van der Waals surface area contributed by atoms with E-state index in [0.29, 0.717) is 11.5 Å². The van der Waals surface area contributed by atoms with Crippen LogP contribution in [0.1, 0.15) is 59.4 Å². The van der Waals surface area contributed by atoms with Crippen molar-refractivity contribution in [3.05, 3.63) is 71.4 Å². The van der Waals surface area contributed by atoms with Gasteiger partial charge in [0, 0.05) is 18.7 Å². The predicted octanol–water partition coefficient (Wildman–Crippen LogP) is 6.84. The fourth-order valence-corrected chi connectivity index (χ4v) is 3.28. The lowest BCUT2D eigenvalue weighted by atomic mass is 9.96. The van der Waals surface area contributed by atoms with E-state index in [9.17, 15) is 4.79 Å². The maximum absolute atomic E-state index is 10.7. The first-order valence-corrected chi connectivity index (χ1v) is 11.0. The molecule has 0 spiro atoms. The third-order valence-electron chi connectivity index (χ3n) is 5.07. The summed E-state index contributed by atoms with van der Waals surface area (Å²) in [7, 11) is 1.76. The zero-order valence-electron chi connectivity index (χ0n) is 19.8. The number of carboxylic acid groups (broad SMARTS) is 1. The normalized spacial score (nSPS) is 15.9. The fraction of sp³-hybridized carbons (Fsp3) is 0.444. The highest BCUT2D eigenvalue weighted by Crippen LogP contribution is 2.25. The first-order valence-electron chi connectivity index (χ1n) is 11.0. The summed E-state index contributed by atoms with van der Waals surface area (Å²) in [5.74, 6) is 0.478. The molecule has 0 aliphatic carbocycles. The molecule has 4 heteroatoms. The van der Waals surface area contributed by atoms with Crippen LogP contribution in [0.3, 0.4) is 0 Å². The molecule has 4 nitrogen and oxygen atoms in total. The second-order valence-electron chi connectivity index (χ2n) is 8.14. The van der Waals surface area contributed by atoms with Crippen LogP contribution in [0.5, 0.6) is 5.75 Å². The van der Waals surface area contributed by atoms with E-state index >= 15 is 0 Å². The van der Waals surface area contributed by atoms with Crippen molar-refractivity contribution in [2.24, 2.45) is 5.92 Å². The lowest BCUT2D eigenvalue weighted by Gasteiger charge is -2.23. The smallest absolute Gasteiger partial charge is 0.328 e. The van der Waals surface area contributed by atoms with Crippen LogP contribution in [0.4, 0.5) is 0 Å². The third kappa shape index (κ3) is 11.4. The van der Waals surface area contributed by atoms with Gasteiger partial charge in [0.25, 0.3) is 0 Å². The van der Waals surface area contributed by atoms with Gasteiger partial charge in [-0.05, 0) is 57.6 Å². The average Bonchev–Trinajstić information content (AvgIpc) is 2.71. The van der Waals surface area contributed by atoms with Gasteiger partial charge in [-0.15, -0.1) is 0 Å². The number of benzene rings is 1. The highest BCUT2D eigenvalue weighted by Gasteiger charge is 2.16. The zero-order chi connectivity index (χ0) is 23.2. The van der Waals surface area contributed by atoms with Gasteiger partial charge in [-0.3, -0.25) is 0 Å². The van der Waals surface area contributed by atoms with Crippen LogP contribution in [0.15, 0.2) is 65.8 Å².